The Morgan fingerprint density at radius 1 is 1.24 bits per heavy atom. The van der Waals surface area contributed by atoms with Crippen LogP contribution in [0.4, 0.5) is 5.69 Å². The van der Waals surface area contributed by atoms with Crippen LogP contribution in [0.2, 0.25) is 0 Å². The summed E-state index contributed by atoms with van der Waals surface area (Å²) >= 11 is 6.16. The molecule has 2 aromatic carbocycles. The first kappa shape index (κ1) is 17.1. The lowest BCUT2D eigenvalue weighted by molar-refractivity contribution is -0.385. The third-order valence-electron chi connectivity index (χ3n) is 3.38. The standard InChI is InChI=1S/C17H12N2O4S2/c20-16-15(25-17(24)18-16)9-11-4-3-6-13(8-11)23-10-12-5-1-2-7-14(12)19(21)22/h1-9H,10H2,(H,18,20,24)/b15-9+. The smallest absolute Gasteiger partial charge is 0.276 e. The number of nitro groups is 1. The van der Waals surface area contributed by atoms with Gasteiger partial charge in [0.05, 0.1) is 15.4 Å². The zero-order chi connectivity index (χ0) is 17.8. The van der Waals surface area contributed by atoms with Gasteiger partial charge in [-0.3, -0.25) is 14.9 Å². The number of nitrogens with one attached hydrogen (secondary N) is 1. The van der Waals surface area contributed by atoms with Crippen molar-refractivity contribution >= 4 is 46.0 Å². The number of rotatable bonds is 5. The van der Waals surface area contributed by atoms with E-state index in [1.807, 2.05) is 6.07 Å². The molecule has 1 N–H and O–H groups in total. The van der Waals surface area contributed by atoms with Gasteiger partial charge in [0.15, 0.2) is 0 Å². The van der Waals surface area contributed by atoms with Crippen LogP contribution in [0.1, 0.15) is 11.1 Å². The lowest BCUT2D eigenvalue weighted by atomic mass is 10.2. The van der Waals surface area contributed by atoms with Crippen molar-refractivity contribution in [1.29, 1.82) is 0 Å². The largest absolute Gasteiger partial charge is 0.489 e. The number of benzene rings is 2. The number of hydrogen-bond acceptors (Lipinski definition) is 6. The molecule has 0 saturated carbocycles. The Balaban J connectivity index is 1.75. The Labute approximate surface area is 153 Å². The van der Waals surface area contributed by atoms with Gasteiger partial charge in [-0.05, 0) is 29.8 Å². The molecule has 0 radical (unpaired) electrons. The van der Waals surface area contributed by atoms with Crippen LogP contribution in [-0.2, 0) is 11.4 Å². The van der Waals surface area contributed by atoms with Gasteiger partial charge < -0.3 is 10.1 Å². The molecule has 25 heavy (non-hydrogen) atoms. The molecule has 2 aromatic rings. The molecule has 1 amide bonds. The van der Waals surface area contributed by atoms with E-state index in [-0.39, 0.29) is 18.2 Å². The van der Waals surface area contributed by atoms with Gasteiger partial charge in [0.2, 0.25) is 0 Å². The van der Waals surface area contributed by atoms with Crippen molar-refractivity contribution in [3.8, 4) is 5.75 Å². The maximum absolute atomic E-state index is 11.7. The van der Waals surface area contributed by atoms with E-state index in [0.717, 1.165) is 5.56 Å². The first-order valence-corrected chi connectivity index (χ1v) is 8.45. The van der Waals surface area contributed by atoms with E-state index in [0.29, 0.717) is 20.5 Å². The van der Waals surface area contributed by atoms with Gasteiger partial charge in [0, 0.05) is 6.07 Å². The monoisotopic (exact) mass is 372 g/mol. The average Bonchev–Trinajstić information content (AvgIpc) is 2.91. The Morgan fingerprint density at radius 2 is 2.04 bits per heavy atom. The predicted molar refractivity (Wildman–Crippen MR) is 100 cm³/mol. The molecule has 1 aliphatic rings. The molecule has 0 spiro atoms. The maximum Gasteiger partial charge on any atom is 0.276 e. The van der Waals surface area contributed by atoms with E-state index in [1.165, 1.54) is 17.8 Å². The molecule has 126 valence electrons. The third kappa shape index (κ3) is 4.23. The van der Waals surface area contributed by atoms with Crippen molar-refractivity contribution in [2.45, 2.75) is 6.61 Å². The van der Waals surface area contributed by atoms with Gasteiger partial charge in [0.1, 0.15) is 16.7 Å². The second-order valence-electron chi connectivity index (χ2n) is 5.10. The molecule has 0 bridgehead atoms. The molecule has 1 heterocycles. The van der Waals surface area contributed by atoms with Crippen molar-refractivity contribution < 1.29 is 14.5 Å². The molecule has 6 nitrogen and oxygen atoms in total. The van der Waals surface area contributed by atoms with E-state index in [4.69, 9.17) is 17.0 Å². The summed E-state index contributed by atoms with van der Waals surface area (Å²) in [5.41, 5.74) is 1.29. The number of carbonyl (C=O) groups is 1. The molecule has 1 saturated heterocycles. The Morgan fingerprint density at radius 3 is 2.76 bits per heavy atom. The molecular formula is C17H12N2O4S2. The second-order valence-corrected chi connectivity index (χ2v) is 6.82. The maximum atomic E-state index is 11.7. The zero-order valence-corrected chi connectivity index (χ0v) is 14.4. The molecule has 0 aliphatic carbocycles. The van der Waals surface area contributed by atoms with Gasteiger partial charge >= 0.3 is 0 Å². The average molecular weight is 372 g/mol. The number of thiocarbonyl (C=S) groups is 1. The van der Waals surface area contributed by atoms with Crippen LogP contribution in [0.25, 0.3) is 6.08 Å². The number of nitro benzene ring substituents is 1. The summed E-state index contributed by atoms with van der Waals surface area (Å²) in [4.78, 5) is 22.8. The minimum Gasteiger partial charge on any atom is -0.489 e. The lowest BCUT2D eigenvalue weighted by Gasteiger charge is -2.07. The predicted octanol–water partition coefficient (Wildman–Crippen LogP) is 3.66. The van der Waals surface area contributed by atoms with Gasteiger partial charge in [-0.15, -0.1) is 0 Å². The van der Waals surface area contributed by atoms with Crippen LogP contribution in [0, 0.1) is 10.1 Å². The summed E-state index contributed by atoms with van der Waals surface area (Å²) in [6.07, 6.45) is 1.72. The van der Waals surface area contributed by atoms with Crippen LogP contribution >= 0.6 is 24.0 Å². The van der Waals surface area contributed by atoms with E-state index >= 15 is 0 Å². The van der Waals surface area contributed by atoms with Crippen molar-refractivity contribution in [2.24, 2.45) is 0 Å². The fraction of sp³-hybridized carbons (Fsp3) is 0.0588. The highest BCUT2D eigenvalue weighted by Gasteiger charge is 2.21. The van der Waals surface area contributed by atoms with Crippen LogP contribution in [-0.4, -0.2) is 15.2 Å². The molecule has 0 unspecified atom stereocenters. The van der Waals surface area contributed by atoms with Gasteiger partial charge in [-0.2, -0.15) is 0 Å². The summed E-state index contributed by atoms with van der Waals surface area (Å²) in [5.74, 6) is 0.333. The molecule has 0 atom stereocenters. The summed E-state index contributed by atoms with van der Waals surface area (Å²) in [6.45, 7) is 0.0799. The highest BCUT2D eigenvalue weighted by Crippen LogP contribution is 2.27. The Bertz CT molecular complexity index is 896. The Hall–Kier alpha value is -2.71. The molecule has 8 heteroatoms. The highest BCUT2D eigenvalue weighted by atomic mass is 32.2. The number of para-hydroxylation sites is 1. The summed E-state index contributed by atoms with van der Waals surface area (Å²) < 4.78 is 6.10. The number of nitrogens with zero attached hydrogens (tertiary/aromatic N) is 1. The normalized spacial score (nSPS) is 15.3. The Kier molecular flexibility index (Phi) is 5.11. The van der Waals surface area contributed by atoms with E-state index < -0.39 is 4.92 Å². The third-order valence-corrected chi connectivity index (χ3v) is 4.54. The van der Waals surface area contributed by atoms with Crippen LogP contribution in [0.5, 0.6) is 5.75 Å². The first-order chi connectivity index (χ1) is 12.0. The number of thioether (sulfide) groups is 1. The van der Waals surface area contributed by atoms with E-state index in [1.54, 1.807) is 42.5 Å². The van der Waals surface area contributed by atoms with Gasteiger partial charge in [-0.1, -0.05) is 48.2 Å². The molecule has 3 rings (SSSR count). The molecule has 1 fully saturated rings. The summed E-state index contributed by atoms with van der Waals surface area (Å²) in [5, 5.41) is 13.6. The number of hydrogen-bond donors (Lipinski definition) is 1. The van der Waals surface area contributed by atoms with Crippen molar-refractivity contribution in [3.05, 3.63) is 74.7 Å². The fourth-order valence-electron chi connectivity index (χ4n) is 2.24. The highest BCUT2D eigenvalue weighted by molar-refractivity contribution is 8.26. The summed E-state index contributed by atoms with van der Waals surface area (Å²) in [7, 11) is 0. The molecule has 1 aliphatic heterocycles. The van der Waals surface area contributed by atoms with E-state index in [9.17, 15) is 14.9 Å². The van der Waals surface area contributed by atoms with Crippen molar-refractivity contribution in [2.75, 3.05) is 0 Å². The second kappa shape index (κ2) is 7.45. The quantitative estimate of drug-likeness (QED) is 0.373. The van der Waals surface area contributed by atoms with E-state index in [2.05, 4.69) is 5.32 Å². The van der Waals surface area contributed by atoms with Crippen molar-refractivity contribution in [3.63, 3.8) is 0 Å². The minimum atomic E-state index is -0.432. The van der Waals surface area contributed by atoms with Gasteiger partial charge in [0.25, 0.3) is 11.6 Å². The molecular weight excluding hydrogens is 360 g/mol. The SMILES string of the molecule is O=C1NC(=S)S/C1=C/c1cccc(OCc2ccccc2[N+](=O)[O-])c1. The lowest BCUT2D eigenvalue weighted by Crippen LogP contribution is -2.17. The van der Waals surface area contributed by atoms with Crippen molar-refractivity contribution in [1.82, 2.24) is 5.32 Å². The zero-order valence-electron chi connectivity index (χ0n) is 12.8. The number of carbonyl (C=O) groups excluding carboxylic acids is 1. The minimum absolute atomic E-state index is 0.0216. The van der Waals surface area contributed by atoms with Crippen LogP contribution in [0.15, 0.2) is 53.4 Å². The summed E-state index contributed by atoms with van der Waals surface area (Å²) in [6, 6.07) is 13.6. The van der Waals surface area contributed by atoms with Crippen LogP contribution < -0.4 is 10.1 Å². The first-order valence-electron chi connectivity index (χ1n) is 7.23. The number of amides is 1. The molecule has 0 aromatic heterocycles. The fourth-order valence-corrected chi connectivity index (χ4v) is 3.28. The van der Waals surface area contributed by atoms with Gasteiger partial charge in [-0.25, -0.2) is 0 Å². The van der Waals surface area contributed by atoms with Crippen LogP contribution in [0.3, 0.4) is 0 Å². The topological polar surface area (TPSA) is 81.5 Å². The number of ether oxygens (including phenoxy) is 1.